The zero-order valence-corrected chi connectivity index (χ0v) is 9.55. The lowest BCUT2D eigenvalue weighted by atomic mass is 9.90. The van der Waals surface area contributed by atoms with E-state index in [4.69, 9.17) is 11.6 Å². The molecule has 4 nitrogen and oxygen atoms in total. The predicted molar refractivity (Wildman–Crippen MR) is 60.2 cm³/mol. The summed E-state index contributed by atoms with van der Waals surface area (Å²) in [6.45, 7) is 1.67. The number of halogens is 1. The Kier molecular flexibility index (Phi) is 3.88. The molecular weight excluding hydrogens is 216 g/mol. The van der Waals surface area contributed by atoms with E-state index in [0.717, 1.165) is 5.01 Å². The molecular formula is C10H15ClN2O2. The van der Waals surface area contributed by atoms with Gasteiger partial charge >= 0.3 is 0 Å². The van der Waals surface area contributed by atoms with Crippen LogP contribution in [0.5, 0.6) is 0 Å². The summed E-state index contributed by atoms with van der Waals surface area (Å²) < 4.78 is 0. The molecule has 0 bridgehead atoms. The van der Waals surface area contributed by atoms with E-state index in [0.29, 0.717) is 6.42 Å². The molecule has 0 fully saturated rings. The standard InChI is InChI=1S/C10H15ClN2O2/c1-8(13(2)12-15)10(11,14)9-6-4-3-5-7-9/h3-6,8-9,14H,7H2,1-2H3/t8-,9?,10+/m0/s1. The van der Waals surface area contributed by atoms with E-state index in [1.54, 1.807) is 6.92 Å². The van der Waals surface area contributed by atoms with Crippen LogP contribution in [0.2, 0.25) is 0 Å². The highest BCUT2D eigenvalue weighted by Gasteiger charge is 2.40. The summed E-state index contributed by atoms with van der Waals surface area (Å²) in [6, 6.07) is -0.544. The maximum absolute atomic E-state index is 10.3. The van der Waals surface area contributed by atoms with Crippen molar-refractivity contribution in [1.29, 1.82) is 0 Å². The fourth-order valence-electron chi connectivity index (χ4n) is 1.52. The van der Waals surface area contributed by atoms with Gasteiger partial charge in [0.05, 0.1) is 11.3 Å². The number of nitroso groups, excluding NO2 is 1. The third-order valence-corrected chi connectivity index (χ3v) is 3.37. The van der Waals surface area contributed by atoms with Crippen molar-refractivity contribution < 1.29 is 5.11 Å². The van der Waals surface area contributed by atoms with Crippen molar-refractivity contribution in [3.05, 3.63) is 29.2 Å². The first-order valence-corrected chi connectivity index (χ1v) is 5.18. The SMILES string of the molecule is C[C@H](N(C)N=O)[C@](O)(Cl)C1C=CC=CC1. The van der Waals surface area contributed by atoms with Gasteiger partial charge in [-0.3, -0.25) is 5.01 Å². The molecule has 1 N–H and O–H groups in total. The monoisotopic (exact) mass is 230 g/mol. The molecule has 0 saturated heterocycles. The van der Waals surface area contributed by atoms with Crippen molar-refractivity contribution in [2.24, 2.45) is 11.2 Å². The Hall–Kier alpha value is -0.870. The summed E-state index contributed by atoms with van der Waals surface area (Å²) in [6.07, 6.45) is 8.16. The van der Waals surface area contributed by atoms with Gasteiger partial charge in [-0.2, -0.15) is 0 Å². The fraction of sp³-hybridized carbons (Fsp3) is 0.600. The van der Waals surface area contributed by atoms with E-state index in [2.05, 4.69) is 5.29 Å². The average Bonchev–Trinajstić information content (AvgIpc) is 2.28. The molecule has 15 heavy (non-hydrogen) atoms. The van der Waals surface area contributed by atoms with Crippen molar-refractivity contribution in [1.82, 2.24) is 5.01 Å². The highest BCUT2D eigenvalue weighted by molar-refractivity contribution is 6.23. The number of hydrogen-bond acceptors (Lipinski definition) is 3. The van der Waals surface area contributed by atoms with Gasteiger partial charge in [0.1, 0.15) is 0 Å². The first-order chi connectivity index (χ1) is 7.00. The molecule has 0 aromatic rings. The zero-order chi connectivity index (χ0) is 11.5. The Bertz CT molecular complexity index is 289. The fourth-order valence-corrected chi connectivity index (χ4v) is 1.83. The van der Waals surface area contributed by atoms with Crippen molar-refractivity contribution >= 4 is 11.6 Å². The van der Waals surface area contributed by atoms with Crippen molar-refractivity contribution in [2.75, 3.05) is 7.05 Å². The van der Waals surface area contributed by atoms with Crippen molar-refractivity contribution in [3.8, 4) is 0 Å². The third kappa shape index (κ3) is 2.58. The lowest BCUT2D eigenvalue weighted by Gasteiger charge is -2.36. The summed E-state index contributed by atoms with van der Waals surface area (Å²) in [5, 5.41) is 12.5. The number of hydrogen-bond donors (Lipinski definition) is 1. The molecule has 0 radical (unpaired) electrons. The molecule has 1 unspecified atom stereocenters. The number of likely N-dealkylation sites (N-methyl/N-ethyl adjacent to an activating group) is 1. The van der Waals surface area contributed by atoms with Gasteiger partial charge < -0.3 is 5.11 Å². The van der Waals surface area contributed by atoms with Crippen LogP contribution in [0.3, 0.4) is 0 Å². The van der Waals surface area contributed by atoms with Crippen LogP contribution in [0.25, 0.3) is 0 Å². The smallest absolute Gasteiger partial charge is 0.166 e. The predicted octanol–water partition coefficient (Wildman–Crippen LogP) is 2.05. The third-order valence-electron chi connectivity index (χ3n) is 2.78. The van der Waals surface area contributed by atoms with Crippen LogP contribution >= 0.6 is 11.6 Å². The molecule has 0 aliphatic heterocycles. The first-order valence-electron chi connectivity index (χ1n) is 4.81. The number of nitrogens with zero attached hydrogens (tertiary/aromatic N) is 2. The van der Waals surface area contributed by atoms with Crippen LogP contribution in [0.1, 0.15) is 13.3 Å². The molecule has 0 aromatic carbocycles. The van der Waals surface area contributed by atoms with Crippen molar-refractivity contribution in [2.45, 2.75) is 24.4 Å². The van der Waals surface area contributed by atoms with E-state index in [9.17, 15) is 10.0 Å². The second kappa shape index (κ2) is 4.77. The minimum Gasteiger partial charge on any atom is -0.372 e. The summed E-state index contributed by atoms with van der Waals surface area (Å²) >= 11 is 6.07. The summed E-state index contributed by atoms with van der Waals surface area (Å²) in [4.78, 5) is 10.3. The van der Waals surface area contributed by atoms with E-state index < -0.39 is 11.1 Å². The van der Waals surface area contributed by atoms with Crippen LogP contribution in [0.4, 0.5) is 0 Å². The number of allylic oxidation sites excluding steroid dienone is 3. The Balaban J connectivity index is 2.76. The van der Waals surface area contributed by atoms with E-state index in [1.807, 2.05) is 24.3 Å². The summed E-state index contributed by atoms with van der Waals surface area (Å²) in [5.41, 5.74) is 0. The molecule has 3 atom stereocenters. The van der Waals surface area contributed by atoms with Gasteiger partial charge in [0.2, 0.25) is 0 Å². The summed E-state index contributed by atoms with van der Waals surface area (Å²) in [7, 11) is 1.49. The minimum atomic E-state index is -1.48. The summed E-state index contributed by atoms with van der Waals surface area (Å²) in [5.74, 6) is -0.205. The Morgan fingerprint density at radius 1 is 1.67 bits per heavy atom. The maximum atomic E-state index is 10.3. The normalized spacial score (nSPS) is 25.7. The van der Waals surface area contributed by atoms with Gasteiger partial charge in [-0.15, -0.1) is 4.91 Å². The van der Waals surface area contributed by atoms with Crippen LogP contribution in [0, 0.1) is 10.8 Å². The van der Waals surface area contributed by atoms with Gasteiger partial charge in [-0.05, 0) is 13.3 Å². The lowest BCUT2D eigenvalue weighted by Crippen LogP contribution is -2.48. The molecule has 0 heterocycles. The van der Waals surface area contributed by atoms with E-state index in [1.165, 1.54) is 7.05 Å². The molecule has 0 aromatic heterocycles. The minimum absolute atomic E-state index is 0.205. The molecule has 1 aliphatic carbocycles. The van der Waals surface area contributed by atoms with Gasteiger partial charge in [-0.25, -0.2) is 0 Å². The molecule has 0 saturated carbocycles. The largest absolute Gasteiger partial charge is 0.372 e. The maximum Gasteiger partial charge on any atom is 0.166 e. The Morgan fingerprint density at radius 3 is 2.80 bits per heavy atom. The Labute approximate surface area is 94.2 Å². The number of aliphatic hydroxyl groups is 1. The van der Waals surface area contributed by atoms with Gasteiger partial charge in [0.15, 0.2) is 5.06 Å². The second-order valence-electron chi connectivity index (χ2n) is 3.71. The molecule has 0 amide bonds. The topological polar surface area (TPSA) is 52.9 Å². The van der Waals surface area contributed by atoms with E-state index in [-0.39, 0.29) is 5.92 Å². The van der Waals surface area contributed by atoms with Crippen LogP contribution in [-0.2, 0) is 0 Å². The lowest BCUT2D eigenvalue weighted by molar-refractivity contribution is 0.00556. The second-order valence-corrected chi connectivity index (χ2v) is 4.32. The first kappa shape index (κ1) is 12.2. The molecule has 0 spiro atoms. The van der Waals surface area contributed by atoms with Crippen LogP contribution < -0.4 is 0 Å². The zero-order valence-electron chi connectivity index (χ0n) is 8.80. The quantitative estimate of drug-likeness (QED) is 0.457. The Morgan fingerprint density at radius 2 is 2.33 bits per heavy atom. The highest BCUT2D eigenvalue weighted by Crippen LogP contribution is 2.34. The number of alkyl halides is 1. The highest BCUT2D eigenvalue weighted by atomic mass is 35.5. The van der Waals surface area contributed by atoms with Crippen LogP contribution in [0.15, 0.2) is 29.6 Å². The van der Waals surface area contributed by atoms with Gasteiger partial charge in [0, 0.05) is 13.0 Å². The number of rotatable bonds is 4. The van der Waals surface area contributed by atoms with Crippen LogP contribution in [-0.4, -0.2) is 28.3 Å². The molecule has 5 heteroatoms. The van der Waals surface area contributed by atoms with E-state index >= 15 is 0 Å². The molecule has 1 rings (SSSR count). The van der Waals surface area contributed by atoms with Gasteiger partial charge in [-0.1, -0.05) is 35.9 Å². The average molecular weight is 231 g/mol. The van der Waals surface area contributed by atoms with Crippen molar-refractivity contribution in [3.63, 3.8) is 0 Å². The molecule has 1 aliphatic rings. The molecule has 84 valence electrons. The van der Waals surface area contributed by atoms with Gasteiger partial charge in [0.25, 0.3) is 0 Å².